The number of rotatable bonds is 6. The normalized spacial score (nSPS) is 18.9. The molecule has 216 valence electrons. The van der Waals surface area contributed by atoms with Crippen molar-refractivity contribution < 1.29 is 27.5 Å². The number of imide groups is 1. The van der Waals surface area contributed by atoms with E-state index in [-0.39, 0.29) is 27.5 Å². The number of carbonyl (C=O) groups is 3. The van der Waals surface area contributed by atoms with Crippen LogP contribution in [0.2, 0.25) is 10.0 Å². The van der Waals surface area contributed by atoms with Gasteiger partial charge in [0.15, 0.2) is 0 Å². The molecule has 3 amide bonds. The van der Waals surface area contributed by atoms with Crippen LogP contribution in [0.15, 0.2) is 70.5 Å². The molecule has 0 unspecified atom stereocenters. The Morgan fingerprint density at radius 2 is 1.67 bits per heavy atom. The summed E-state index contributed by atoms with van der Waals surface area (Å²) in [6, 6.07) is 16.2. The molecule has 2 fully saturated rings. The van der Waals surface area contributed by atoms with Gasteiger partial charge in [0, 0.05) is 30.0 Å². The Morgan fingerprint density at radius 1 is 0.929 bits per heavy atom. The smallest absolute Gasteiger partial charge is 0.290 e. The number of nitrogens with zero attached hydrogens (tertiary/aromatic N) is 2. The number of anilines is 3. The molecule has 0 aliphatic carbocycles. The molecule has 3 aliphatic rings. The van der Waals surface area contributed by atoms with Gasteiger partial charge in [-0.25, -0.2) is 8.42 Å². The fourth-order valence-electron chi connectivity index (χ4n) is 4.93. The van der Waals surface area contributed by atoms with Crippen molar-refractivity contribution >= 4 is 84.7 Å². The number of sulfonamides is 1. The lowest BCUT2D eigenvalue weighted by Crippen LogP contribution is -2.36. The minimum Gasteiger partial charge on any atom is -0.378 e. The molecular weight excluding hydrogens is 623 g/mol. The van der Waals surface area contributed by atoms with E-state index >= 15 is 0 Å². The SMILES string of the molecule is O=C1NC(=O)/C(=C2/C(=O)N(Cc3ccc(Cl)c(Cl)c3)c3ccc(S(=O)(=O)Nc4ccc(N5CCOCC5)cc4)cc32)S1. The number of benzene rings is 3. The van der Waals surface area contributed by atoms with Gasteiger partial charge in [-0.3, -0.25) is 24.4 Å². The molecular formula is C28H22Cl2N4O6S2. The molecule has 3 heterocycles. The van der Waals surface area contributed by atoms with Crippen LogP contribution in [0, 0.1) is 0 Å². The zero-order valence-electron chi connectivity index (χ0n) is 21.7. The van der Waals surface area contributed by atoms with E-state index in [9.17, 15) is 22.8 Å². The van der Waals surface area contributed by atoms with Crippen molar-refractivity contribution in [2.75, 3.05) is 40.8 Å². The molecule has 42 heavy (non-hydrogen) atoms. The number of thioether (sulfide) groups is 1. The lowest BCUT2D eigenvalue weighted by atomic mass is 10.1. The number of amides is 3. The largest absolute Gasteiger partial charge is 0.378 e. The molecule has 2 saturated heterocycles. The summed E-state index contributed by atoms with van der Waals surface area (Å²) in [4.78, 5) is 41.6. The van der Waals surface area contributed by atoms with E-state index in [0.29, 0.717) is 52.0 Å². The first-order valence-electron chi connectivity index (χ1n) is 12.7. The van der Waals surface area contributed by atoms with Crippen LogP contribution >= 0.6 is 35.0 Å². The Labute approximate surface area is 255 Å². The van der Waals surface area contributed by atoms with Crippen molar-refractivity contribution in [1.82, 2.24) is 5.32 Å². The number of ether oxygens (including phenoxy) is 1. The first kappa shape index (κ1) is 28.6. The summed E-state index contributed by atoms with van der Waals surface area (Å²) in [6.45, 7) is 2.83. The van der Waals surface area contributed by atoms with Gasteiger partial charge in [-0.15, -0.1) is 0 Å². The fourth-order valence-corrected chi connectivity index (χ4v) is 7.11. The van der Waals surface area contributed by atoms with Crippen LogP contribution < -0.4 is 19.8 Å². The Morgan fingerprint density at radius 3 is 2.33 bits per heavy atom. The Kier molecular flexibility index (Phi) is 7.66. The van der Waals surface area contributed by atoms with Crippen LogP contribution in [0.1, 0.15) is 11.1 Å². The second kappa shape index (κ2) is 11.3. The van der Waals surface area contributed by atoms with Crippen molar-refractivity contribution in [3.63, 3.8) is 0 Å². The summed E-state index contributed by atoms with van der Waals surface area (Å²) < 4.78 is 34.8. The maximum Gasteiger partial charge on any atom is 0.290 e. The van der Waals surface area contributed by atoms with Gasteiger partial charge in [0.25, 0.3) is 27.1 Å². The lowest BCUT2D eigenvalue weighted by molar-refractivity contribution is -0.116. The topological polar surface area (TPSA) is 125 Å². The van der Waals surface area contributed by atoms with E-state index < -0.39 is 27.1 Å². The third-order valence-electron chi connectivity index (χ3n) is 6.96. The van der Waals surface area contributed by atoms with Crippen LogP contribution in [-0.4, -0.2) is 51.8 Å². The highest BCUT2D eigenvalue weighted by molar-refractivity contribution is 8.18. The van der Waals surface area contributed by atoms with Gasteiger partial charge < -0.3 is 14.5 Å². The molecule has 0 saturated carbocycles. The van der Waals surface area contributed by atoms with Crippen LogP contribution in [0.3, 0.4) is 0 Å². The summed E-state index contributed by atoms with van der Waals surface area (Å²) in [5.74, 6) is -1.27. The highest BCUT2D eigenvalue weighted by atomic mass is 35.5. The fraction of sp³-hybridized carbons (Fsp3) is 0.179. The third-order valence-corrected chi connectivity index (χ3v) is 9.96. The first-order valence-corrected chi connectivity index (χ1v) is 15.8. The van der Waals surface area contributed by atoms with E-state index in [1.165, 1.54) is 23.1 Å². The van der Waals surface area contributed by atoms with Gasteiger partial charge in [-0.2, -0.15) is 0 Å². The number of fused-ring (bicyclic) bond motifs is 1. The second-order valence-electron chi connectivity index (χ2n) is 9.62. The summed E-state index contributed by atoms with van der Waals surface area (Å²) in [7, 11) is -4.09. The van der Waals surface area contributed by atoms with Crippen LogP contribution in [-0.2, 0) is 30.9 Å². The molecule has 0 spiro atoms. The van der Waals surface area contributed by atoms with Crippen LogP contribution in [0.4, 0.5) is 21.9 Å². The standard InChI is InChI=1S/C28H22Cl2N4O6S2/c29-21-7-1-16(13-22(21)30)15-34-23-8-6-19(14-20(23)24(27(34)36)25-26(35)31-28(37)41-25)42(38,39)32-17-2-4-18(5-3-17)33-9-11-40-12-10-33/h1-8,13-14,32H,9-12,15H2,(H,31,35,37)/b25-24-. The van der Waals surface area contributed by atoms with Gasteiger partial charge >= 0.3 is 0 Å². The van der Waals surface area contributed by atoms with Crippen molar-refractivity contribution in [2.24, 2.45) is 0 Å². The van der Waals surface area contributed by atoms with E-state index in [1.807, 2.05) is 12.1 Å². The monoisotopic (exact) mass is 644 g/mol. The Bertz CT molecular complexity index is 1770. The average Bonchev–Trinajstić information content (AvgIpc) is 3.44. The number of morpholine rings is 1. The maximum absolute atomic E-state index is 13.7. The molecule has 3 aromatic rings. The molecule has 2 N–H and O–H groups in total. The van der Waals surface area contributed by atoms with Gasteiger partial charge in [-0.05, 0) is 71.9 Å². The molecule has 0 aromatic heterocycles. The molecule has 3 aromatic carbocycles. The maximum atomic E-state index is 13.7. The predicted molar refractivity (Wildman–Crippen MR) is 162 cm³/mol. The summed E-state index contributed by atoms with van der Waals surface area (Å²) in [5.41, 5.74) is 2.53. The minimum absolute atomic E-state index is 0.0506. The van der Waals surface area contributed by atoms with E-state index in [1.54, 1.807) is 30.3 Å². The Balaban J connectivity index is 1.34. The van der Waals surface area contributed by atoms with Crippen molar-refractivity contribution in [1.29, 1.82) is 0 Å². The summed E-state index contributed by atoms with van der Waals surface area (Å²) in [6.07, 6.45) is 0. The van der Waals surface area contributed by atoms with Gasteiger partial charge in [0.2, 0.25) is 0 Å². The van der Waals surface area contributed by atoms with Crippen LogP contribution in [0.25, 0.3) is 5.57 Å². The van der Waals surface area contributed by atoms with Crippen LogP contribution in [0.5, 0.6) is 0 Å². The molecule has 3 aliphatic heterocycles. The van der Waals surface area contributed by atoms with Crippen molar-refractivity contribution in [3.8, 4) is 0 Å². The average molecular weight is 646 g/mol. The second-order valence-corrected chi connectivity index (χ2v) is 13.1. The predicted octanol–water partition coefficient (Wildman–Crippen LogP) is 4.87. The zero-order valence-corrected chi connectivity index (χ0v) is 24.9. The summed E-state index contributed by atoms with van der Waals surface area (Å²) in [5, 5.41) is 2.20. The quantitative estimate of drug-likeness (QED) is 0.364. The van der Waals surface area contributed by atoms with E-state index in [0.717, 1.165) is 18.8 Å². The zero-order chi connectivity index (χ0) is 29.6. The number of nitrogens with one attached hydrogen (secondary N) is 2. The molecule has 14 heteroatoms. The van der Waals surface area contributed by atoms with E-state index in [2.05, 4.69) is 14.9 Å². The van der Waals surface area contributed by atoms with Crippen molar-refractivity contribution in [2.45, 2.75) is 11.4 Å². The van der Waals surface area contributed by atoms with E-state index in [4.69, 9.17) is 27.9 Å². The van der Waals surface area contributed by atoms with Gasteiger partial charge in [0.1, 0.15) is 0 Å². The number of halogens is 2. The number of hydrogen-bond donors (Lipinski definition) is 2. The Hall–Kier alpha value is -3.55. The highest BCUT2D eigenvalue weighted by Gasteiger charge is 2.40. The summed E-state index contributed by atoms with van der Waals surface area (Å²) >= 11 is 12.8. The third kappa shape index (κ3) is 5.48. The van der Waals surface area contributed by atoms with Crippen molar-refractivity contribution in [3.05, 3.63) is 86.7 Å². The molecule has 0 atom stereocenters. The molecule has 6 rings (SSSR count). The molecule has 0 bridgehead atoms. The number of carbonyl (C=O) groups excluding carboxylic acids is 3. The van der Waals surface area contributed by atoms with Gasteiger partial charge in [-0.1, -0.05) is 29.3 Å². The molecule has 0 radical (unpaired) electrons. The lowest BCUT2D eigenvalue weighted by Gasteiger charge is -2.28. The number of hydrogen-bond acceptors (Lipinski definition) is 8. The van der Waals surface area contributed by atoms with Gasteiger partial charge in [0.05, 0.1) is 50.9 Å². The highest BCUT2D eigenvalue weighted by Crippen LogP contribution is 2.44. The minimum atomic E-state index is -4.09. The first-order chi connectivity index (χ1) is 20.1. The molecule has 10 nitrogen and oxygen atoms in total.